The standard InChI is InChI=1S/C28H27F3N6O3S/c1-4-21(38)35-8-10-36(11-9-35)26-19-12-20(28(29,30)31)22(18-7-5-6-16-13-32-34(2)23(16)18)25-24(19)37(27(39)33-26)17(14-40-3)15-41-25/h4-7,12-13,17H,1,8-11,14-15H2,2-3H3. The van der Waals surface area contributed by atoms with Gasteiger partial charge in [0.2, 0.25) is 5.91 Å². The molecule has 0 aliphatic carbocycles. The smallest absolute Gasteiger partial charge is 0.383 e. The van der Waals surface area contributed by atoms with E-state index < -0.39 is 23.5 Å². The van der Waals surface area contributed by atoms with Gasteiger partial charge in [0, 0.05) is 72.9 Å². The van der Waals surface area contributed by atoms with E-state index in [2.05, 4.69) is 16.7 Å². The average molecular weight is 585 g/mol. The summed E-state index contributed by atoms with van der Waals surface area (Å²) in [7, 11) is 3.22. The molecule has 9 nitrogen and oxygen atoms in total. The molecule has 1 fully saturated rings. The number of aryl methyl sites for hydroxylation is 1. The molecule has 41 heavy (non-hydrogen) atoms. The maximum absolute atomic E-state index is 14.9. The van der Waals surface area contributed by atoms with Crippen LogP contribution in [0.25, 0.3) is 32.9 Å². The zero-order chi connectivity index (χ0) is 29.1. The Morgan fingerprint density at radius 3 is 2.66 bits per heavy atom. The minimum Gasteiger partial charge on any atom is -0.383 e. The summed E-state index contributed by atoms with van der Waals surface area (Å²) in [6, 6.07) is 5.90. The highest BCUT2D eigenvalue weighted by molar-refractivity contribution is 7.99. The van der Waals surface area contributed by atoms with Gasteiger partial charge in [-0.3, -0.25) is 14.0 Å². The Labute approximate surface area is 237 Å². The van der Waals surface area contributed by atoms with Crippen molar-refractivity contribution in [1.82, 2.24) is 24.2 Å². The predicted molar refractivity (Wildman–Crippen MR) is 151 cm³/mol. The Bertz CT molecular complexity index is 1760. The highest BCUT2D eigenvalue weighted by Gasteiger charge is 2.40. The first kappa shape index (κ1) is 27.3. The number of carbonyl (C=O) groups excluding carboxylic acids is 1. The maximum Gasteiger partial charge on any atom is 0.417 e. The molecular weight excluding hydrogens is 557 g/mol. The first-order valence-electron chi connectivity index (χ1n) is 13.0. The van der Waals surface area contributed by atoms with Crippen molar-refractivity contribution in [3.05, 3.63) is 59.2 Å². The fourth-order valence-electron chi connectivity index (χ4n) is 5.84. The Kier molecular flexibility index (Phi) is 6.81. The number of para-hydroxylation sites is 1. The second-order valence-electron chi connectivity index (χ2n) is 10.1. The highest BCUT2D eigenvalue weighted by atomic mass is 32.2. The van der Waals surface area contributed by atoms with Gasteiger partial charge in [0.1, 0.15) is 5.82 Å². The normalized spacial score (nSPS) is 17.4. The van der Waals surface area contributed by atoms with E-state index in [1.807, 2.05) is 6.07 Å². The van der Waals surface area contributed by atoms with Gasteiger partial charge < -0.3 is 14.5 Å². The number of fused-ring (bicyclic) bond motifs is 1. The summed E-state index contributed by atoms with van der Waals surface area (Å²) in [6.45, 7) is 5.02. The number of alkyl halides is 3. The third-order valence-corrected chi connectivity index (χ3v) is 8.93. The summed E-state index contributed by atoms with van der Waals surface area (Å²) >= 11 is 1.29. The summed E-state index contributed by atoms with van der Waals surface area (Å²) in [4.78, 5) is 33.8. The first-order valence-corrected chi connectivity index (χ1v) is 14.0. The van der Waals surface area contributed by atoms with Gasteiger partial charge in [0.15, 0.2) is 0 Å². The lowest BCUT2D eigenvalue weighted by Crippen LogP contribution is -2.49. The molecule has 1 atom stereocenters. The molecule has 0 spiro atoms. The molecule has 0 N–H and O–H groups in total. The number of thioether (sulfide) groups is 1. The van der Waals surface area contributed by atoms with Crippen LogP contribution in [0, 0.1) is 0 Å². The third kappa shape index (κ3) is 4.47. The van der Waals surface area contributed by atoms with Crippen LogP contribution < -0.4 is 10.6 Å². The SMILES string of the molecule is C=CC(=O)N1CCN(c2nc(=O)n3c4c(c(-c5cccc6cnn(C)c56)c(C(F)(F)F)cc24)SCC3COC)CC1. The lowest BCUT2D eigenvalue weighted by atomic mass is 9.94. The van der Waals surface area contributed by atoms with Crippen LogP contribution in [0.15, 0.2) is 52.8 Å². The van der Waals surface area contributed by atoms with Crippen molar-refractivity contribution in [2.45, 2.75) is 17.1 Å². The van der Waals surface area contributed by atoms with Crippen molar-refractivity contribution >= 4 is 45.3 Å². The summed E-state index contributed by atoms with van der Waals surface area (Å²) < 4.78 is 53.3. The highest BCUT2D eigenvalue weighted by Crippen LogP contribution is 2.50. The number of hydrogen-bond acceptors (Lipinski definition) is 7. The minimum atomic E-state index is -4.70. The van der Waals surface area contributed by atoms with Crippen LogP contribution in [0.3, 0.4) is 0 Å². The van der Waals surface area contributed by atoms with Crippen molar-refractivity contribution in [3.63, 3.8) is 0 Å². The second kappa shape index (κ2) is 10.2. The van der Waals surface area contributed by atoms with E-state index >= 15 is 0 Å². The van der Waals surface area contributed by atoms with Gasteiger partial charge in [0.05, 0.1) is 35.4 Å². The number of halogens is 3. The maximum atomic E-state index is 14.9. The van der Waals surface area contributed by atoms with E-state index in [0.717, 1.165) is 6.07 Å². The van der Waals surface area contributed by atoms with Gasteiger partial charge >= 0.3 is 11.9 Å². The fourth-order valence-corrected chi connectivity index (χ4v) is 7.15. The number of anilines is 1. The number of hydrogen-bond donors (Lipinski definition) is 0. The summed E-state index contributed by atoms with van der Waals surface area (Å²) in [6.07, 6.45) is -1.84. The monoisotopic (exact) mass is 584 g/mol. The number of nitrogens with zero attached hydrogens (tertiary/aromatic N) is 6. The van der Waals surface area contributed by atoms with E-state index in [0.29, 0.717) is 58.8 Å². The minimum absolute atomic E-state index is 0.0202. The molecule has 6 rings (SSSR count). The van der Waals surface area contributed by atoms with Gasteiger partial charge in [-0.05, 0) is 12.1 Å². The number of rotatable bonds is 5. The predicted octanol–water partition coefficient (Wildman–Crippen LogP) is 4.10. The fraction of sp³-hybridized carbons (Fsp3) is 0.357. The zero-order valence-electron chi connectivity index (χ0n) is 22.4. The first-order chi connectivity index (χ1) is 19.6. The van der Waals surface area contributed by atoms with Crippen LogP contribution in [-0.4, -0.2) is 75.8 Å². The Morgan fingerprint density at radius 2 is 1.98 bits per heavy atom. The lowest BCUT2D eigenvalue weighted by molar-refractivity contribution is -0.137. The van der Waals surface area contributed by atoms with Gasteiger partial charge in [0.25, 0.3) is 0 Å². The molecule has 214 valence electrons. The molecule has 0 bridgehead atoms. The molecule has 0 saturated carbocycles. The number of benzene rings is 2. The molecule has 1 amide bonds. The Balaban J connectivity index is 1.67. The number of methoxy groups -OCH3 is 1. The van der Waals surface area contributed by atoms with E-state index in [9.17, 15) is 22.8 Å². The molecular formula is C28H27F3N6O3S. The van der Waals surface area contributed by atoms with Gasteiger partial charge in [-0.2, -0.15) is 23.3 Å². The number of amides is 1. The molecule has 4 heterocycles. The summed E-state index contributed by atoms with van der Waals surface area (Å²) in [5.41, 5.74) is 0.0276. The van der Waals surface area contributed by atoms with E-state index in [-0.39, 0.29) is 29.3 Å². The van der Waals surface area contributed by atoms with Crippen molar-refractivity contribution < 1.29 is 22.7 Å². The van der Waals surface area contributed by atoms with Crippen molar-refractivity contribution in [2.24, 2.45) is 7.05 Å². The molecule has 2 aliphatic rings. The number of aromatic nitrogens is 4. The quantitative estimate of drug-likeness (QED) is 0.327. The lowest BCUT2D eigenvalue weighted by Gasteiger charge is -2.36. The molecule has 1 saturated heterocycles. The molecule has 1 unspecified atom stereocenters. The van der Waals surface area contributed by atoms with Crippen LogP contribution in [-0.2, 0) is 22.8 Å². The van der Waals surface area contributed by atoms with Crippen LogP contribution in [0.1, 0.15) is 11.6 Å². The van der Waals surface area contributed by atoms with Crippen LogP contribution in [0.4, 0.5) is 19.0 Å². The van der Waals surface area contributed by atoms with E-state index in [1.165, 1.54) is 29.5 Å². The molecule has 13 heteroatoms. The van der Waals surface area contributed by atoms with E-state index in [4.69, 9.17) is 4.74 Å². The Morgan fingerprint density at radius 1 is 1.22 bits per heavy atom. The molecule has 2 aromatic heterocycles. The third-order valence-electron chi connectivity index (χ3n) is 7.69. The Hall–Kier alpha value is -3.84. The zero-order valence-corrected chi connectivity index (χ0v) is 23.3. The number of carbonyl (C=O) groups is 1. The van der Waals surface area contributed by atoms with Crippen LogP contribution in [0.2, 0.25) is 0 Å². The number of piperazine rings is 1. The molecule has 2 aliphatic heterocycles. The van der Waals surface area contributed by atoms with Crippen molar-refractivity contribution in [1.29, 1.82) is 0 Å². The van der Waals surface area contributed by atoms with Gasteiger partial charge in [-0.1, -0.05) is 24.8 Å². The molecule has 2 aromatic carbocycles. The van der Waals surface area contributed by atoms with E-state index in [1.54, 1.807) is 39.9 Å². The summed E-state index contributed by atoms with van der Waals surface area (Å²) in [5, 5.41) is 5.23. The van der Waals surface area contributed by atoms with Gasteiger partial charge in [-0.25, -0.2) is 4.79 Å². The van der Waals surface area contributed by atoms with Crippen molar-refractivity contribution in [2.75, 3.05) is 50.5 Å². The molecule has 4 aromatic rings. The van der Waals surface area contributed by atoms with Crippen molar-refractivity contribution in [3.8, 4) is 11.1 Å². The number of ether oxygens (including phenoxy) is 1. The second-order valence-corrected chi connectivity index (χ2v) is 11.1. The van der Waals surface area contributed by atoms with Crippen LogP contribution >= 0.6 is 11.8 Å². The average Bonchev–Trinajstić information content (AvgIpc) is 3.35. The molecule has 0 radical (unpaired) electrons. The largest absolute Gasteiger partial charge is 0.417 e. The van der Waals surface area contributed by atoms with Crippen LogP contribution in [0.5, 0.6) is 0 Å². The summed E-state index contributed by atoms with van der Waals surface area (Å²) in [5.74, 6) is 0.305. The topological polar surface area (TPSA) is 85.5 Å². The van der Waals surface area contributed by atoms with Gasteiger partial charge in [-0.15, -0.1) is 11.8 Å².